The fraction of sp³-hybridized carbons (Fsp3) is 0.125. The van der Waals surface area contributed by atoms with E-state index < -0.39 is 0 Å². The van der Waals surface area contributed by atoms with E-state index in [2.05, 4.69) is 42.0 Å². The van der Waals surface area contributed by atoms with Crippen molar-refractivity contribution in [3.05, 3.63) is 59.2 Å². The van der Waals surface area contributed by atoms with Crippen molar-refractivity contribution < 1.29 is 4.58 Å². The number of rotatable bonds is 1. The Hall–Kier alpha value is -2.05. The van der Waals surface area contributed by atoms with Gasteiger partial charge in [0, 0.05) is 17.0 Å². The Morgan fingerprint density at radius 1 is 1.16 bits per heavy atom. The third kappa shape index (κ3) is 2.27. The van der Waals surface area contributed by atoms with E-state index in [-0.39, 0.29) is 0 Å². The van der Waals surface area contributed by atoms with Crippen LogP contribution in [0.25, 0.3) is 0 Å². The molecule has 1 aliphatic heterocycles. The van der Waals surface area contributed by atoms with Crippen molar-refractivity contribution >= 4 is 23.7 Å². The van der Waals surface area contributed by atoms with Crippen molar-refractivity contribution in [2.75, 3.05) is 5.88 Å². The lowest BCUT2D eigenvalue weighted by atomic mass is 10.1. The normalized spacial score (nSPS) is 13.4. The largest absolute Gasteiger partial charge is 0.206 e. The fourth-order valence-electron chi connectivity index (χ4n) is 2.19. The Kier molecular flexibility index (Phi) is 3.10. The molecular weight excluding hydrogens is 252 g/mol. The molecule has 1 heterocycles. The van der Waals surface area contributed by atoms with Gasteiger partial charge in [0.2, 0.25) is 5.69 Å². The lowest BCUT2D eigenvalue weighted by Gasteiger charge is -2.13. The quantitative estimate of drug-likeness (QED) is 0.735. The average Bonchev–Trinajstić information content (AvgIpc) is 2.47. The lowest BCUT2D eigenvalue weighted by Crippen LogP contribution is -2.13. The maximum absolute atomic E-state index is 8.82. The molecule has 0 fully saturated rings. The summed E-state index contributed by atoms with van der Waals surface area (Å²) < 4.78 is 2.22. The van der Waals surface area contributed by atoms with Gasteiger partial charge in [-0.15, -0.1) is 0 Å². The zero-order chi connectivity index (χ0) is 13.2. The van der Waals surface area contributed by atoms with Crippen molar-refractivity contribution in [1.29, 1.82) is 5.26 Å². The molecule has 0 spiro atoms. The molecular formula is C16H13N2S+. The summed E-state index contributed by atoms with van der Waals surface area (Å²) in [6.45, 7) is 2.15. The molecule has 3 rings (SSSR count). The molecule has 0 saturated carbocycles. The Labute approximate surface area is 117 Å². The van der Waals surface area contributed by atoms with Gasteiger partial charge in [0.05, 0.1) is 17.2 Å². The van der Waals surface area contributed by atoms with Gasteiger partial charge in [0.15, 0.2) is 12.1 Å². The monoisotopic (exact) mass is 265 g/mol. The van der Waals surface area contributed by atoms with E-state index in [1.807, 2.05) is 36.0 Å². The molecule has 0 N–H and O–H groups in total. The Morgan fingerprint density at radius 3 is 2.68 bits per heavy atom. The Balaban J connectivity index is 2.01. The van der Waals surface area contributed by atoms with Gasteiger partial charge in [-0.2, -0.15) is 9.84 Å². The number of fused-ring (bicyclic) bond motifs is 1. The molecule has 1 aliphatic rings. The predicted octanol–water partition coefficient (Wildman–Crippen LogP) is 3.69. The molecule has 0 radical (unpaired) electrons. The van der Waals surface area contributed by atoms with Gasteiger partial charge < -0.3 is 0 Å². The first-order valence-electron chi connectivity index (χ1n) is 6.12. The second-order valence-corrected chi connectivity index (χ2v) is 5.48. The highest BCUT2D eigenvalue weighted by Crippen LogP contribution is 2.30. The van der Waals surface area contributed by atoms with Gasteiger partial charge in [-0.05, 0) is 30.7 Å². The van der Waals surface area contributed by atoms with Gasteiger partial charge in [-0.3, -0.25) is 0 Å². The predicted molar refractivity (Wildman–Crippen MR) is 78.1 cm³/mol. The molecule has 0 saturated heterocycles. The van der Waals surface area contributed by atoms with Gasteiger partial charge >= 0.3 is 0 Å². The summed E-state index contributed by atoms with van der Waals surface area (Å²) in [5.74, 6) is 0.907. The Bertz CT molecular complexity index is 694. The highest BCUT2D eigenvalue weighted by atomic mass is 32.2. The topological polar surface area (TPSA) is 26.8 Å². The van der Waals surface area contributed by atoms with E-state index in [9.17, 15) is 0 Å². The van der Waals surface area contributed by atoms with Crippen LogP contribution in [0.4, 0.5) is 5.69 Å². The van der Waals surface area contributed by atoms with Crippen molar-refractivity contribution in [2.24, 2.45) is 0 Å². The summed E-state index contributed by atoms with van der Waals surface area (Å²) in [4.78, 5) is 1.37. The first kappa shape index (κ1) is 12.0. The minimum atomic E-state index is 0.699. The number of nitriles is 1. The number of benzene rings is 2. The van der Waals surface area contributed by atoms with E-state index in [0.29, 0.717) is 5.56 Å². The third-order valence-corrected chi connectivity index (χ3v) is 4.47. The maximum atomic E-state index is 8.82. The van der Waals surface area contributed by atoms with Crippen LogP contribution >= 0.6 is 11.8 Å². The summed E-state index contributed by atoms with van der Waals surface area (Å²) >= 11 is 1.86. The van der Waals surface area contributed by atoms with Crippen LogP contribution in [0.15, 0.2) is 47.4 Å². The molecule has 0 bridgehead atoms. The highest BCUT2D eigenvalue weighted by Gasteiger charge is 2.19. The summed E-state index contributed by atoms with van der Waals surface area (Å²) in [7, 11) is 0. The van der Waals surface area contributed by atoms with Crippen LogP contribution < -0.4 is 0 Å². The molecule has 3 heteroatoms. The highest BCUT2D eigenvalue weighted by molar-refractivity contribution is 7.99. The molecule has 2 aromatic rings. The minimum absolute atomic E-state index is 0.699. The van der Waals surface area contributed by atoms with E-state index in [1.165, 1.54) is 16.0 Å². The molecule has 2 aromatic carbocycles. The van der Waals surface area contributed by atoms with Crippen molar-refractivity contribution in [1.82, 2.24) is 0 Å². The molecule has 0 amide bonds. The number of aryl methyl sites for hydroxylation is 1. The van der Waals surface area contributed by atoms with Crippen molar-refractivity contribution in [3.8, 4) is 6.07 Å². The number of hydrogen-bond acceptors (Lipinski definition) is 2. The third-order valence-electron chi connectivity index (χ3n) is 3.21. The van der Waals surface area contributed by atoms with Gasteiger partial charge in [0.25, 0.3) is 0 Å². The van der Waals surface area contributed by atoms with Gasteiger partial charge in [-0.25, -0.2) is 0 Å². The SMILES string of the molecule is Cc1cccc2c1SC[N+](c1ccc(C#N)cc1)=C2. The summed E-state index contributed by atoms with van der Waals surface area (Å²) in [6.07, 6.45) is 2.18. The smallest absolute Gasteiger partial charge is 0.192 e. The minimum Gasteiger partial charge on any atom is -0.192 e. The summed E-state index contributed by atoms with van der Waals surface area (Å²) in [5.41, 5.74) is 4.42. The maximum Gasteiger partial charge on any atom is 0.206 e. The van der Waals surface area contributed by atoms with E-state index >= 15 is 0 Å². The number of hydrogen-bond donors (Lipinski definition) is 0. The molecule has 0 unspecified atom stereocenters. The number of nitrogens with zero attached hydrogens (tertiary/aromatic N) is 2. The molecule has 0 aromatic heterocycles. The molecule has 0 atom stereocenters. The van der Waals surface area contributed by atoms with Gasteiger partial charge in [-0.1, -0.05) is 23.9 Å². The second-order valence-electron chi connectivity index (χ2n) is 4.52. The molecule has 0 aliphatic carbocycles. The molecule has 19 heavy (non-hydrogen) atoms. The van der Waals surface area contributed by atoms with Crippen LogP contribution in [-0.2, 0) is 0 Å². The molecule has 2 nitrogen and oxygen atoms in total. The fourth-order valence-corrected chi connectivity index (χ4v) is 3.26. The van der Waals surface area contributed by atoms with Crippen molar-refractivity contribution in [2.45, 2.75) is 11.8 Å². The first-order valence-corrected chi connectivity index (χ1v) is 7.10. The van der Waals surface area contributed by atoms with Gasteiger partial charge in [0.1, 0.15) is 0 Å². The standard InChI is InChI=1S/C16H13N2S/c1-12-3-2-4-14-10-18(11-19-16(12)14)15-7-5-13(9-17)6-8-15/h2-8,10H,11H2,1H3/q+1. The van der Waals surface area contributed by atoms with Crippen LogP contribution in [0.1, 0.15) is 16.7 Å². The van der Waals surface area contributed by atoms with Crippen molar-refractivity contribution in [3.63, 3.8) is 0 Å². The van der Waals surface area contributed by atoms with E-state index in [4.69, 9.17) is 5.26 Å². The number of thioether (sulfide) groups is 1. The van der Waals surface area contributed by atoms with E-state index in [0.717, 1.165) is 11.6 Å². The Morgan fingerprint density at radius 2 is 1.95 bits per heavy atom. The molecule has 92 valence electrons. The van der Waals surface area contributed by atoms with Crippen LogP contribution in [0, 0.1) is 18.3 Å². The van der Waals surface area contributed by atoms with Crippen LogP contribution in [0.2, 0.25) is 0 Å². The zero-order valence-corrected chi connectivity index (χ0v) is 11.4. The van der Waals surface area contributed by atoms with E-state index in [1.54, 1.807) is 0 Å². The van der Waals surface area contributed by atoms with Crippen LogP contribution in [0.3, 0.4) is 0 Å². The zero-order valence-electron chi connectivity index (χ0n) is 10.6. The lowest BCUT2D eigenvalue weighted by molar-refractivity contribution is -0.411. The van der Waals surface area contributed by atoms with Crippen LogP contribution in [0.5, 0.6) is 0 Å². The van der Waals surface area contributed by atoms with Crippen LogP contribution in [-0.4, -0.2) is 16.7 Å². The second kappa shape index (κ2) is 4.91. The first-order chi connectivity index (χ1) is 9.28. The average molecular weight is 265 g/mol. The summed E-state index contributed by atoms with van der Waals surface area (Å²) in [5, 5.41) is 8.82. The summed E-state index contributed by atoms with van der Waals surface area (Å²) in [6, 6.07) is 16.2.